The Morgan fingerprint density at radius 3 is 2.62 bits per heavy atom. The van der Waals surface area contributed by atoms with Crippen LogP contribution >= 0.6 is 0 Å². The summed E-state index contributed by atoms with van der Waals surface area (Å²) in [7, 11) is 0. The number of rotatable bonds is 4. The van der Waals surface area contributed by atoms with Crippen LogP contribution in [0.3, 0.4) is 0 Å². The molecule has 1 saturated heterocycles. The molecule has 2 amide bonds. The van der Waals surface area contributed by atoms with Crippen LogP contribution in [0.25, 0.3) is 0 Å². The topological polar surface area (TPSA) is 78.9 Å². The van der Waals surface area contributed by atoms with Gasteiger partial charge in [0, 0.05) is 18.8 Å². The SMILES string of the molecule is C=COc1ccc(NC(=O)N2CCC(C)(C(=O)O)C2)cc1. The van der Waals surface area contributed by atoms with Crippen LogP contribution in [0, 0.1) is 5.41 Å². The Morgan fingerprint density at radius 1 is 1.43 bits per heavy atom. The minimum atomic E-state index is -0.872. The van der Waals surface area contributed by atoms with E-state index in [2.05, 4.69) is 11.9 Å². The number of carbonyl (C=O) groups excluding carboxylic acids is 1. The summed E-state index contributed by atoms with van der Waals surface area (Å²) in [6.07, 6.45) is 1.78. The smallest absolute Gasteiger partial charge is 0.321 e. The van der Waals surface area contributed by atoms with Crippen molar-refractivity contribution < 1.29 is 19.4 Å². The molecule has 0 bridgehead atoms. The first-order chi connectivity index (χ1) is 9.94. The number of carboxylic acid groups (broad SMARTS) is 1. The second-order valence-electron chi connectivity index (χ2n) is 5.28. The van der Waals surface area contributed by atoms with E-state index in [1.807, 2.05) is 0 Å². The number of likely N-dealkylation sites (tertiary alicyclic amines) is 1. The molecule has 1 aliphatic rings. The number of nitrogens with one attached hydrogen (secondary N) is 1. The van der Waals surface area contributed by atoms with Gasteiger partial charge in [-0.2, -0.15) is 0 Å². The van der Waals surface area contributed by atoms with Crippen LogP contribution in [0.1, 0.15) is 13.3 Å². The number of anilines is 1. The number of nitrogens with zero attached hydrogens (tertiary/aromatic N) is 1. The number of benzene rings is 1. The fourth-order valence-corrected chi connectivity index (χ4v) is 2.22. The van der Waals surface area contributed by atoms with E-state index in [4.69, 9.17) is 9.84 Å². The van der Waals surface area contributed by atoms with E-state index in [9.17, 15) is 9.59 Å². The minimum Gasteiger partial charge on any atom is -0.481 e. The Morgan fingerprint density at radius 2 is 2.10 bits per heavy atom. The van der Waals surface area contributed by atoms with Gasteiger partial charge in [0.2, 0.25) is 0 Å². The summed E-state index contributed by atoms with van der Waals surface area (Å²) < 4.78 is 5.09. The number of aliphatic carboxylic acids is 1. The number of carbonyl (C=O) groups is 2. The molecule has 0 aromatic heterocycles. The van der Waals surface area contributed by atoms with Crippen molar-refractivity contribution in [1.82, 2.24) is 4.90 Å². The third kappa shape index (κ3) is 3.34. The number of carboxylic acids is 1. The number of urea groups is 1. The molecule has 6 nitrogen and oxygen atoms in total. The Bertz CT molecular complexity index is 555. The van der Waals surface area contributed by atoms with E-state index in [1.54, 1.807) is 31.2 Å². The van der Waals surface area contributed by atoms with Gasteiger partial charge in [0.1, 0.15) is 5.75 Å². The van der Waals surface area contributed by atoms with Crippen LogP contribution in [-0.4, -0.2) is 35.1 Å². The predicted octanol–water partition coefficient (Wildman–Crippen LogP) is 2.54. The fourth-order valence-electron chi connectivity index (χ4n) is 2.22. The van der Waals surface area contributed by atoms with Gasteiger partial charge in [-0.15, -0.1) is 0 Å². The minimum absolute atomic E-state index is 0.214. The van der Waals surface area contributed by atoms with Gasteiger partial charge in [-0.1, -0.05) is 6.58 Å². The first-order valence-corrected chi connectivity index (χ1v) is 6.61. The predicted molar refractivity (Wildman–Crippen MR) is 78.2 cm³/mol. The molecule has 6 heteroatoms. The highest BCUT2D eigenvalue weighted by Gasteiger charge is 2.42. The summed E-state index contributed by atoms with van der Waals surface area (Å²) in [6, 6.07) is 6.55. The van der Waals surface area contributed by atoms with Crippen molar-refractivity contribution in [2.75, 3.05) is 18.4 Å². The normalized spacial score (nSPS) is 20.9. The molecule has 2 rings (SSSR count). The Hall–Kier alpha value is -2.50. The number of hydrogen-bond acceptors (Lipinski definition) is 3. The van der Waals surface area contributed by atoms with Crippen LogP contribution < -0.4 is 10.1 Å². The molecule has 1 aromatic rings. The van der Waals surface area contributed by atoms with E-state index < -0.39 is 11.4 Å². The highest BCUT2D eigenvalue weighted by Crippen LogP contribution is 2.30. The third-order valence-electron chi connectivity index (χ3n) is 3.60. The third-order valence-corrected chi connectivity index (χ3v) is 3.60. The summed E-state index contributed by atoms with van der Waals surface area (Å²) >= 11 is 0. The molecule has 1 fully saturated rings. The highest BCUT2D eigenvalue weighted by atomic mass is 16.5. The zero-order valence-electron chi connectivity index (χ0n) is 11.8. The number of hydrogen-bond donors (Lipinski definition) is 2. The van der Waals surface area contributed by atoms with Gasteiger partial charge < -0.3 is 20.1 Å². The van der Waals surface area contributed by atoms with E-state index >= 15 is 0 Å². The summed E-state index contributed by atoms with van der Waals surface area (Å²) in [4.78, 5) is 24.8. The van der Waals surface area contributed by atoms with Crippen molar-refractivity contribution in [2.24, 2.45) is 5.41 Å². The van der Waals surface area contributed by atoms with Gasteiger partial charge in [-0.25, -0.2) is 4.79 Å². The van der Waals surface area contributed by atoms with Crippen LogP contribution in [0.2, 0.25) is 0 Å². The largest absolute Gasteiger partial charge is 0.481 e. The maximum Gasteiger partial charge on any atom is 0.321 e. The summed E-state index contributed by atoms with van der Waals surface area (Å²) in [5.74, 6) is -0.244. The fraction of sp³-hybridized carbons (Fsp3) is 0.333. The van der Waals surface area contributed by atoms with E-state index in [1.165, 1.54) is 11.2 Å². The molecule has 0 spiro atoms. The molecule has 0 aliphatic carbocycles. The van der Waals surface area contributed by atoms with Crippen LogP contribution in [0.15, 0.2) is 37.1 Å². The first-order valence-electron chi connectivity index (χ1n) is 6.61. The van der Waals surface area contributed by atoms with Crippen molar-refractivity contribution in [3.63, 3.8) is 0 Å². The zero-order valence-corrected chi connectivity index (χ0v) is 11.8. The van der Waals surface area contributed by atoms with E-state index in [-0.39, 0.29) is 12.6 Å². The van der Waals surface area contributed by atoms with Crippen molar-refractivity contribution >= 4 is 17.7 Å². The van der Waals surface area contributed by atoms with Crippen LogP contribution in [0.5, 0.6) is 5.75 Å². The molecule has 1 atom stereocenters. The lowest BCUT2D eigenvalue weighted by Gasteiger charge is -2.20. The lowest BCUT2D eigenvalue weighted by Crippen LogP contribution is -2.37. The van der Waals surface area contributed by atoms with Crippen molar-refractivity contribution in [2.45, 2.75) is 13.3 Å². The average molecular weight is 290 g/mol. The van der Waals surface area contributed by atoms with Gasteiger partial charge in [0.15, 0.2) is 0 Å². The summed E-state index contributed by atoms with van der Waals surface area (Å²) in [6.45, 7) is 5.77. The molecular weight excluding hydrogens is 272 g/mol. The van der Waals surface area contributed by atoms with Crippen molar-refractivity contribution in [3.05, 3.63) is 37.1 Å². The summed E-state index contributed by atoms with van der Waals surface area (Å²) in [5.41, 5.74) is -0.237. The number of amides is 2. The van der Waals surface area contributed by atoms with Gasteiger partial charge in [-0.05, 0) is 37.6 Å². The maximum absolute atomic E-state index is 12.1. The number of ether oxygens (including phenoxy) is 1. The molecular formula is C15H18N2O4. The van der Waals surface area contributed by atoms with Crippen molar-refractivity contribution in [3.8, 4) is 5.75 Å². The molecule has 1 aromatic carbocycles. The Balaban J connectivity index is 1.96. The molecule has 0 saturated carbocycles. The standard InChI is InChI=1S/C15H18N2O4/c1-3-21-12-6-4-11(5-7-12)16-14(20)17-9-8-15(2,10-17)13(18)19/h3-7H,1,8-10H2,2H3,(H,16,20)(H,18,19). The lowest BCUT2D eigenvalue weighted by atomic mass is 9.90. The quantitative estimate of drug-likeness (QED) is 0.835. The molecule has 1 aliphatic heterocycles. The van der Waals surface area contributed by atoms with Gasteiger partial charge in [0.25, 0.3) is 0 Å². The first kappa shape index (κ1) is 14.9. The van der Waals surface area contributed by atoms with Gasteiger partial charge in [-0.3, -0.25) is 4.79 Å². The second kappa shape index (κ2) is 5.87. The Kier molecular flexibility index (Phi) is 4.16. The van der Waals surface area contributed by atoms with E-state index in [0.717, 1.165) is 0 Å². The zero-order chi connectivity index (χ0) is 15.5. The molecule has 1 heterocycles. The maximum atomic E-state index is 12.1. The van der Waals surface area contributed by atoms with Gasteiger partial charge in [0.05, 0.1) is 11.7 Å². The molecule has 0 radical (unpaired) electrons. The van der Waals surface area contributed by atoms with Gasteiger partial charge >= 0.3 is 12.0 Å². The lowest BCUT2D eigenvalue weighted by molar-refractivity contribution is -0.146. The van der Waals surface area contributed by atoms with Crippen LogP contribution in [-0.2, 0) is 4.79 Å². The van der Waals surface area contributed by atoms with Crippen LogP contribution in [0.4, 0.5) is 10.5 Å². The van der Waals surface area contributed by atoms with E-state index in [0.29, 0.717) is 24.4 Å². The summed E-state index contributed by atoms with van der Waals surface area (Å²) in [5, 5.41) is 11.9. The Labute approximate surface area is 123 Å². The molecule has 21 heavy (non-hydrogen) atoms. The highest BCUT2D eigenvalue weighted by molar-refractivity contribution is 5.90. The molecule has 1 unspecified atom stereocenters. The molecule has 2 N–H and O–H groups in total. The van der Waals surface area contributed by atoms with Crippen molar-refractivity contribution in [1.29, 1.82) is 0 Å². The second-order valence-corrected chi connectivity index (χ2v) is 5.28. The monoisotopic (exact) mass is 290 g/mol. The average Bonchev–Trinajstić information content (AvgIpc) is 2.85. The molecule has 112 valence electrons.